The number of aliphatic carboxylic acids is 1. The van der Waals surface area contributed by atoms with Crippen LogP contribution in [0.25, 0.3) is 0 Å². The summed E-state index contributed by atoms with van der Waals surface area (Å²) < 4.78 is 21.1. The maximum Gasteiger partial charge on any atom is 0.506 e. The number of aliphatic hydroxyl groups excluding tert-OH is 3. The molecule has 2 aliphatic rings. The molecule has 62 heavy (non-hydrogen) atoms. The van der Waals surface area contributed by atoms with Gasteiger partial charge in [-0.3, -0.25) is 33.7 Å². The average Bonchev–Trinajstić information content (AvgIpc) is 3.52. The highest BCUT2D eigenvalue weighted by Crippen LogP contribution is 2.31. The van der Waals surface area contributed by atoms with Crippen molar-refractivity contribution < 1.29 is 82.8 Å². The van der Waals surface area contributed by atoms with Gasteiger partial charge in [0.15, 0.2) is 6.10 Å². The average molecular weight is 881 g/mol. The number of imide groups is 1. The normalized spacial score (nSPS) is 21.1. The molecule has 2 heterocycles. The van der Waals surface area contributed by atoms with Gasteiger partial charge in [-0.25, -0.2) is 9.59 Å². The third-order valence-corrected chi connectivity index (χ3v) is 9.39. The highest BCUT2D eigenvalue weighted by atomic mass is 16.7. The maximum absolute atomic E-state index is 13.5. The summed E-state index contributed by atoms with van der Waals surface area (Å²) in [6.45, 7) is 8.22. The fourth-order valence-corrected chi connectivity index (χ4v) is 5.88. The zero-order valence-corrected chi connectivity index (χ0v) is 35.0. The molecule has 2 aliphatic heterocycles. The molecule has 1 aromatic carbocycles. The summed E-state index contributed by atoms with van der Waals surface area (Å²) in [6.07, 6.45) is -9.22. The molecule has 11 N–H and O–H groups in total. The number of amides is 6. The minimum Gasteiger partial charge on any atom is -0.479 e. The molecule has 7 atom stereocenters. The van der Waals surface area contributed by atoms with Crippen molar-refractivity contribution in [2.75, 3.05) is 31.6 Å². The zero-order chi connectivity index (χ0) is 46.5. The lowest BCUT2D eigenvalue weighted by Gasteiger charge is -2.38. The van der Waals surface area contributed by atoms with Crippen LogP contribution in [0, 0.1) is 5.41 Å². The zero-order valence-electron chi connectivity index (χ0n) is 35.0. The van der Waals surface area contributed by atoms with Crippen molar-refractivity contribution in [2.24, 2.45) is 11.1 Å². The monoisotopic (exact) mass is 880 g/mol. The van der Waals surface area contributed by atoms with Gasteiger partial charge < -0.3 is 71.5 Å². The number of nitrogens with two attached hydrogens (primary N) is 1. The van der Waals surface area contributed by atoms with Crippen molar-refractivity contribution in [1.29, 1.82) is 0 Å². The maximum atomic E-state index is 13.5. The highest BCUT2D eigenvalue weighted by Gasteiger charge is 2.48. The Morgan fingerprint density at radius 1 is 0.887 bits per heavy atom. The highest BCUT2D eigenvalue weighted by molar-refractivity contribution is 6.15. The van der Waals surface area contributed by atoms with E-state index in [1.165, 1.54) is 18.2 Å². The topological polar surface area (TPSA) is 352 Å². The van der Waals surface area contributed by atoms with Crippen molar-refractivity contribution in [2.45, 2.75) is 115 Å². The molecule has 0 bridgehead atoms. The first-order valence-electron chi connectivity index (χ1n) is 19.6. The number of ether oxygens (including phenoxy) is 4. The molecule has 4 unspecified atom stereocenters. The number of hydrogen-bond acceptors (Lipinski definition) is 16. The number of aliphatic hydroxyl groups is 3. The summed E-state index contributed by atoms with van der Waals surface area (Å²) in [4.78, 5) is 101. The molecule has 1 fully saturated rings. The van der Waals surface area contributed by atoms with Crippen LogP contribution in [0.3, 0.4) is 0 Å². The van der Waals surface area contributed by atoms with E-state index in [0.29, 0.717) is 17.7 Å². The molecule has 1 saturated heterocycles. The first-order chi connectivity index (χ1) is 28.9. The molecular weight excluding hydrogens is 824 g/mol. The third kappa shape index (κ3) is 14.7. The van der Waals surface area contributed by atoms with E-state index < -0.39 is 115 Å². The smallest absolute Gasteiger partial charge is 0.479 e. The second-order valence-electron chi connectivity index (χ2n) is 16.1. The van der Waals surface area contributed by atoms with Gasteiger partial charge in [-0.1, -0.05) is 6.07 Å². The number of carbonyl (C=O) groups is 8. The largest absolute Gasteiger partial charge is 0.506 e. The summed E-state index contributed by atoms with van der Waals surface area (Å²) in [5.74, 6) is -6.12. The van der Waals surface area contributed by atoms with E-state index in [9.17, 15) is 58.8 Å². The van der Waals surface area contributed by atoms with Crippen LogP contribution in [0.15, 0.2) is 30.4 Å². The minimum absolute atomic E-state index is 0.0169. The molecule has 1 aromatic rings. The summed E-state index contributed by atoms with van der Waals surface area (Å²) in [7, 11) is 0. The first-order valence-corrected chi connectivity index (χ1v) is 19.6. The van der Waals surface area contributed by atoms with Crippen LogP contribution in [-0.4, -0.2) is 153 Å². The van der Waals surface area contributed by atoms with E-state index in [0.717, 1.165) is 12.2 Å². The van der Waals surface area contributed by atoms with Crippen LogP contribution in [0.2, 0.25) is 0 Å². The lowest BCUT2D eigenvalue weighted by molar-refractivity contribution is -0.271. The van der Waals surface area contributed by atoms with Gasteiger partial charge in [-0.05, 0) is 71.6 Å². The Morgan fingerprint density at radius 3 is 2.15 bits per heavy atom. The molecular formula is C39H56N6O17. The second-order valence-corrected chi connectivity index (χ2v) is 16.1. The number of nitrogens with one attached hydrogen (secondary N) is 4. The van der Waals surface area contributed by atoms with Crippen LogP contribution >= 0.6 is 0 Å². The summed E-state index contributed by atoms with van der Waals surface area (Å²) in [5.41, 5.74) is 4.50. The van der Waals surface area contributed by atoms with Crippen molar-refractivity contribution >= 4 is 53.3 Å². The van der Waals surface area contributed by atoms with Gasteiger partial charge in [0.25, 0.3) is 11.8 Å². The van der Waals surface area contributed by atoms with Gasteiger partial charge in [0.2, 0.25) is 29.9 Å². The van der Waals surface area contributed by atoms with E-state index in [-0.39, 0.29) is 49.0 Å². The van der Waals surface area contributed by atoms with Crippen molar-refractivity contribution in [3.8, 4) is 5.75 Å². The van der Waals surface area contributed by atoms with Crippen molar-refractivity contribution in [3.63, 3.8) is 0 Å². The van der Waals surface area contributed by atoms with Crippen LogP contribution in [-0.2, 0) is 54.4 Å². The van der Waals surface area contributed by atoms with Crippen LogP contribution in [0.1, 0.15) is 65.9 Å². The standard InChI is InChI=1S/C39H56N6O17/c1-38(2,3)60-19-39(4,5)36(56)42-14-7-6-8-21(44-33(53)23(17-40)45-26(47)11-12-27(45)48)32(52)41-15-13-25(46)43-22-16-20(18-59-37(57)58)9-10-24(22)61-35-30(51)28(49)29(50)31(62-35)34(54)55/h9-12,16,21,23,28-31,35,49-51H,6-8,13-15,17-19,40H2,1-5H3,(H,41,52)(H,42,56)(H,43,46)(H,44,53)(H,54,55)(H,57,58)/t21-,23?,28?,29-,30+,31?,35?/m0/s1. The number of carboxylic acid groups (broad SMARTS) is 2. The fraction of sp³-hybridized carbons (Fsp3) is 0.590. The Balaban J connectivity index is 1.70. The van der Waals surface area contributed by atoms with Gasteiger partial charge in [-0.15, -0.1) is 0 Å². The number of rotatable bonds is 22. The number of carbonyl (C=O) groups excluding carboxylic acids is 6. The van der Waals surface area contributed by atoms with E-state index >= 15 is 0 Å². The fourth-order valence-electron chi connectivity index (χ4n) is 5.88. The second kappa shape index (κ2) is 22.4. The number of nitrogens with zero attached hydrogens (tertiary/aromatic N) is 1. The molecule has 6 amide bonds. The molecule has 3 rings (SSSR count). The predicted octanol–water partition coefficient (Wildman–Crippen LogP) is -1.54. The van der Waals surface area contributed by atoms with Crippen LogP contribution in [0.5, 0.6) is 5.75 Å². The minimum atomic E-state index is -2.01. The van der Waals surface area contributed by atoms with Crippen LogP contribution in [0.4, 0.5) is 10.5 Å². The lowest BCUT2D eigenvalue weighted by Crippen LogP contribution is -2.61. The molecule has 0 radical (unpaired) electrons. The van der Waals surface area contributed by atoms with E-state index in [1.54, 1.807) is 13.8 Å². The Morgan fingerprint density at radius 2 is 1.55 bits per heavy atom. The van der Waals surface area contributed by atoms with Gasteiger partial charge in [0.1, 0.15) is 42.8 Å². The molecule has 0 aromatic heterocycles. The number of unbranched alkanes of at least 4 members (excludes halogenated alkanes) is 1. The van der Waals surface area contributed by atoms with E-state index in [1.807, 2.05) is 20.8 Å². The molecule has 0 saturated carbocycles. The summed E-state index contributed by atoms with van der Waals surface area (Å²) in [5, 5.41) is 59.4. The summed E-state index contributed by atoms with van der Waals surface area (Å²) >= 11 is 0. The molecule has 344 valence electrons. The number of hydrogen-bond donors (Lipinski definition) is 10. The van der Waals surface area contributed by atoms with Gasteiger partial charge in [0, 0.05) is 38.2 Å². The molecule has 0 aliphatic carbocycles. The van der Waals surface area contributed by atoms with E-state index in [2.05, 4.69) is 26.0 Å². The number of carboxylic acids is 1. The quantitative estimate of drug-likeness (QED) is 0.0358. The Bertz CT molecular complexity index is 1830. The Labute approximate surface area is 356 Å². The third-order valence-electron chi connectivity index (χ3n) is 9.39. The molecule has 23 heteroatoms. The lowest BCUT2D eigenvalue weighted by atomic mass is 9.93. The summed E-state index contributed by atoms with van der Waals surface area (Å²) in [6, 6.07) is 1.05. The Kier molecular flexibility index (Phi) is 18.3. The Hall–Kier alpha value is -5.72. The number of benzene rings is 1. The predicted molar refractivity (Wildman–Crippen MR) is 213 cm³/mol. The van der Waals surface area contributed by atoms with Gasteiger partial charge >= 0.3 is 12.1 Å². The van der Waals surface area contributed by atoms with Gasteiger partial charge in [0.05, 0.1) is 23.3 Å². The van der Waals surface area contributed by atoms with Crippen molar-refractivity contribution in [3.05, 3.63) is 35.9 Å². The number of anilines is 1. The van der Waals surface area contributed by atoms with Crippen LogP contribution < -0.4 is 31.7 Å². The SMILES string of the molecule is CC(C)(C)OCC(C)(C)C(=O)NCCCC[C@H](NC(=O)C(CN)N1C(=O)C=CC1=O)C(=O)NCCC(=O)Nc1cc(COC(=O)O)ccc1OC1OC(C(=O)O)[C@@H](O)C(O)[C@H]1O. The first kappa shape index (κ1) is 50.6. The van der Waals surface area contributed by atoms with E-state index in [4.69, 9.17) is 25.1 Å². The molecule has 0 spiro atoms. The van der Waals surface area contributed by atoms with Crippen molar-refractivity contribution in [1.82, 2.24) is 20.9 Å². The van der Waals surface area contributed by atoms with Gasteiger partial charge in [-0.2, -0.15) is 0 Å². The molecule has 23 nitrogen and oxygen atoms in total.